The van der Waals surface area contributed by atoms with Gasteiger partial charge in [0, 0.05) is 29.0 Å². The van der Waals surface area contributed by atoms with Gasteiger partial charge < -0.3 is 15.0 Å². The summed E-state index contributed by atoms with van der Waals surface area (Å²) in [4.78, 5) is 19.4. The molecule has 112 valence electrons. The summed E-state index contributed by atoms with van der Waals surface area (Å²) < 4.78 is 5.63. The quantitative estimate of drug-likeness (QED) is 0.727. The second-order valence-corrected chi connectivity index (χ2v) is 5.12. The van der Waals surface area contributed by atoms with E-state index in [4.69, 9.17) is 4.74 Å². The molecule has 0 amide bonds. The number of rotatable bonds is 3. The van der Waals surface area contributed by atoms with Gasteiger partial charge in [0.2, 0.25) is 11.7 Å². The van der Waals surface area contributed by atoms with Crippen LogP contribution in [0.25, 0.3) is 17.1 Å². The maximum Gasteiger partial charge on any atom is 0.226 e. The van der Waals surface area contributed by atoms with Crippen molar-refractivity contribution >= 4 is 28.6 Å². The minimum atomic E-state index is -0.165. The van der Waals surface area contributed by atoms with Crippen LogP contribution in [0.5, 0.6) is 0 Å². The fourth-order valence-corrected chi connectivity index (χ4v) is 2.45. The van der Waals surface area contributed by atoms with Crippen molar-refractivity contribution in [3.8, 4) is 0 Å². The lowest BCUT2D eigenvalue weighted by Crippen LogP contribution is -1.99. The van der Waals surface area contributed by atoms with Crippen LogP contribution in [0.3, 0.4) is 0 Å². The molecule has 5 heteroatoms. The summed E-state index contributed by atoms with van der Waals surface area (Å²) >= 11 is 0. The highest BCUT2D eigenvalue weighted by Crippen LogP contribution is 2.24. The smallest absolute Gasteiger partial charge is 0.226 e. The Labute approximate surface area is 132 Å². The first-order valence-corrected chi connectivity index (χ1v) is 7.19. The summed E-state index contributed by atoms with van der Waals surface area (Å²) in [6.45, 7) is 0. The fourth-order valence-electron chi connectivity index (χ4n) is 2.45. The van der Waals surface area contributed by atoms with Crippen molar-refractivity contribution < 1.29 is 9.53 Å². The second kappa shape index (κ2) is 5.46. The lowest BCUT2D eigenvalue weighted by molar-refractivity contribution is -0.112. The number of hydrogen-bond donors (Lipinski definition) is 2. The van der Waals surface area contributed by atoms with Crippen molar-refractivity contribution in [2.24, 2.45) is 0 Å². The molecule has 0 aliphatic carbocycles. The first-order valence-electron chi connectivity index (χ1n) is 7.19. The van der Waals surface area contributed by atoms with Crippen LogP contribution in [0.15, 0.2) is 72.6 Å². The van der Waals surface area contributed by atoms with Crippen LogP contribution in [-0.4, -0.2) is 15.8 Å². The van der Waals surface area contributed by atoms with Crippen LogP contribution >= 0.6 is 0 Å². The number of pyridine rings is 1. The van der Waals surface area contributed by atoms with Crippen LogP contribution in [0.4, 0.5) is 5.69 Å². The molecule has 1 aliphatic rings. The average Bonchev–Trinajstić information content (AvgIpc) is 3.13. The molecule has 3 heterocycles. The van der Waals surface area contributed by atoms with Crippen LogP contribution in [0, 0.1) is 0 Å². The Hall–Kier alpha value is -3.34. The number of benzene rings is 1. The monoisotopic (exact) mass is 303 g/mol. The number of nitrogens with one attached hydrogen (secondary N) is 2. The molecule has 0 unspecified atom stereocenters. The van der Waals surface area contributed by atoms with Crippen molar-refractivity contribution in [1.29, 1.82) is 0 Å². The molecule has 1 aliphatic heterocycles. The average molecular weight is 303 g/mol. The number of aromatic nitrogens is 2. The van der Waals surface area contributed by atoms with E-state index in [2.05, 4.69) is 15.3 Å². The van der Waals surface area contributed by atoms with E-state index in [1.54, 1.807) is 12.3 Å². The van der Waals surface area contributed by atoms with Gasteiger partial charge in [-0.15, -0.1) is 0 Å². The second-order valence-electron chi connectivity index (χ2n) is 5.12. The Morgan fingerprint density at radius 1 is 1.13 bits per heavy atom. The van der Waals surface area contributed by atoms with E-state index in [1.807, 2.05) is 48.7 Å². The number of ether oxygens (including phenoxy) is 1. The Kier molecular flexibility index (Phi) is 3.16. The molecule has 0 radical (unpaired) electrons. The van der Waals surface area contributed by atoms with Gasteiger partial charge in [0.1, 0.15) is 5.65 Å². The maximum atomic E-state index is 12.1. The van der Waals surface area contributed by atoms with Gasteiger partial charge in [0.05, 0.1) is 6.08 Å². The number of anilines is 1. The number of ketones is 1. The number of aromatic amines is 1. The molecule has 2 N–H and O–H groups in total. The molecular weight excluding hydrogens is 290 g/mol. The third kappa shape index (κ3) is 2.60. The number of hydrogen-bond acceptors (Lipinski definition) is 4. The van der Waals surface area contributed by atoms with Gasteiger partial charge in [-0.1, -0.05) is 18.2 Å². The molecule has 5 nitrogen and oxygen atoms in total. The Morgan fingerprint density at radius 3 is 2.87 bits per heavy atom. The molecule has 1 aromatic carbocycles. The molecule has 0 spiro atoms. The van der Waals surface area contributed by atoms with Crippen molar-refractivity contribution in [3.05, 3.63) is 78.1 Å². The topological polar surface area (TPSA) is 67.0 Å². The molecule has 23 heavy (non-hydrogen) atoms. The number of fused-ring (bicyclic) bond motifs is 1. The van der Waals surface area contributed by atoms with Gasteiger partial charge >= 0.3 is 0 Å². The van der Waals surface area contributed by atoms with Crippen molar-refractivity contribution in [2.45, 2.75) is 0 Å². The minimum Gasteiger partial charge on any atom is -0.437 e. The van der Waals surface area contributed by atoms with Crippen molar-refractivity contribution in [3.63, 3.8) is 0 Å². The number of carbonyl (C=O) groups is 1. The van der Waals surface area contributed by atoms with Crippen LogP contribution < -0.4 is 5.32 Å². The van der Waals surface area contributed by atoms with E-state index < -0.39 is 0 Å². The van der Waals surface area contributed by atoms with E-state index in [9.17, 15) is 4.79 Å². The number of para-hydroxylation sites is 1. The number of carbonyl (C=O) groups excluding carboxylic acids is 1. The third-order valence-corrected chi connectivity index (χ3v) is 3.54. The largest absolute Gasteiger partial charge is 0.437 e. The van der Waals surface area contributed by atoms with Crippen molar-refractivity contribution in [2.75, 3.05) is 5.32 Å². The summed E-state index contributed by atoms with van der Waals surface area (Å²) in [6, 6.07) is 13.4. The van der Waals surface area contributed by atoms with Gasteiger partial charge in [-0.2, -0.15) is 0 Å². The van der Waals surface area contributed by atoms with E-state index >= 15 is 0 Å². The highest BCUT2D eigenvalue weighted by atomic mass is 16.5. The lowest BCUT2D eigenvalue weighted by atomic mass is 10.2. The van der Waals surface area contributed by atoms with E-state index in [0.717, 1.165) is 22.3 Å². The zero-order chi connectivity index (χ0) is 15.6. The first-order chi connectivity index (χ1) is 11.3. The van der Waals surface area contributed by atoms with Gasteiger partial charge in [-0.3, -0.25) is 4.79 Å². The normalized spacial score (nSPS) is 15.7. The maximum absolute atomic E-state index is 12.1. The summed E-state index contributed by atoms with van der Waals surface area (Å²) in [5.41, 5.74) is 2.51. The van der Waals surface area contributed by atoms with Gasteiger partial charge in [-0.25, -0.2) is 4.98 Å². The van der Waals surface area contributed by atoms with Gasteiger partial charge in [0.25, 0.3) is 0 Å². The number of H-pyrrole nitrogens is 1. The molecule has 4 rings (SSSR count). The molecule has 3 aromatic rings. The summed E-state index contributed by atoms with van der Waals surface area (Å²) in [5.74, 6) is 0.542. The molecular formula is C18H13N3O2. The Morgan fingerprint density at radius 2 is 2.00 bits per heavy atom. The predicted octanol–water partition coefficient (Wildman–Crippen LogP) is 3.46. The third-order valence-electron chi connectivity index (χ3n) is 3.54. The first kappa shape index (κ1) is 13.3. The summed E-state index contributed by atoms with van der Waals surface area (Å²) in [6.07, 6.45) is 6.70. The lowest BCUT2D eigenvalue weighted by Gasteiger charge is -2.07. The van der Waals surface area contributed by atoms with Gasteiger partial charge in [0.15, 0.2) is 5.76 Å². The molecule has 2 aromatic heterocycles. The van der Waals surface area contributed by atoms with E-state index in [-0.39, 0.29) is 11.5 Å². The van der Waals surface area contributed by atoms with E-state index in [0.29, 0.717) is 5.88 Å². The zero-order valence-electron chi connectivity index (χ0n) is 12.1. The minimum absolute atomic E-state index is 0.165. The van der Waals surface area contributed by atoms with Crippen LogP contribution in [0.2, 0.25) is 0 Å². The molecule has 0 bridgehead atoms. The summed E-state index contributed by atoms with van der Waals surface area (Å²) in [5, 5.41) is 4.02. The van der Waals surface area contributed by atoms with Gasteiger partial charge in [-0.05, 0) is 30.3 Å². The highest BCUT2D eigenvalue weighted by molar-refractivity contribution is 6.09. The number of allylic oxidation sites excluding steroid dienone is 1. The SMILES string of the molecule is O=C1C=C(Nc2ccccc2)O/C1=C\c1c[nH]c2ncccc12. The predicted molar refractivity (Wildman–Crippen MR) is 88.3 cm³/mol. The Bertz CT molecular complexity index is 939. The Balaban J connectivity index is 1.58. The molecule has 0 saturated carbocycles. The van der Waals surface area contributed by atoms with E-state index in [1.165, 1.54) is 6.08 Å². The summed E-state index contributed by atoms with van der Waals surface area (Å²) in [7, 11) is 0. The highest BCUT2D eigenvalue weighted by Gasteiger charge is 2.21. The molecule has 0 atom stereocenters. The van der Waals surface area contributed by atoms with Crippen LogP contribution in [-0.2, 0) is 9.53 Å². The zero-order valence-corrected chi connectivity index (χ0v) is 12.1. The van der Waals surface area contributed by atoms with Crippen LogP contribution in [0.1, 0.15) is 5.56 Å². The standard InChI is InChI=1S/C18H13N3O2/c22-15-10-17(21-13-5-2-1-3-6-13)23-16(15)9-12-11-20-18-14(12)7-4-8-19-18/h1-11,21H,(H,19,20)/b16-9-. The van der Waals surface area contributed by atoms with Crippen molar-refractivity contribution in [1.82, 2.24) is 9.97 Å². The molecule has 0 fully saturated rings. The fraction of sp³-hybridized carbons (Fsp3) is 0. The number of nitrogens with zero attached hydrogens (tertiary/aromatic N) is 1. The molecule has 0 saturated heterocycles.